The van der Waals surface area contributed by atoms with Gasteiger partial charge in [0.2, 0.25) is 0 Å². The van der Waals surface area contributed by atoms with Crippen molar-refractivity contribution >= 4 is 177 Å². The molecule has 0 aliphatic heterocycles. The van der Waals surface area contributed by atoms with E-state index in [0.29, 0.717) is 53.0 Å². The topological polar surface area (TPSA) is 398 Å². The average Bonchev–Trinajstić information content (AvgIpc) is 4.38. The number of rotatable bonds is 52. The lowest BCUT2D eigenvalue weighted by atomic mass is 10.3. The van der Waals surface area contributed by atoms with Crippen LogP contribution >= 0.6 is 177 Å². The molecule has 0 aromatic carbocycles. The van der Waals surface area contributed by atoms with Gasteiger partial charge in [-0.25, -0.2) is 0 Å². The van der Waals surface area contributed by atoms with Gasteiger partial charge in [0.1, 0.15) is 36.6 Å². The lowest BCUT2D eigenvalue weighted by Crippen LogP contribution is -2.35. The first-order chi connectivity index (χ1) is 41.4. The van der Waals surface area contributed by atoms with Crippen LogP contribution in [0.5, 0.6) is 0 Å². The van der Waals surface area contributed by atoms with Gasteiger partial charge in [0, 0.05) is 28.8 Å². The Bertz CT molecular complexity index is 2840. The summed E-state index contributed by atoms with van der Waals surface area (Å²) in [7, 11) is 0. The molecule has 13 N–H and O–H groups in total. The number of nitrogens with zero attached hydrogens (tertiary/aromatic N) is 5. The van der Waals surface area contributed by atoms with Crippen molar-refractivity contribution < 1.29 is 88.2 Å². The van der Waals surface area contributed by atoms with Crippen LogP contribution in [0.3, 0.4) is 0 Å². The zero-order chi connectivity index (χ0) is 61.9. The van der Waals surface area contributed by atoms with Gasteiger partial charge in [0.25, 0.3) is 0 Å². The summed E-state index contributed by atoms with van der Waals surface area (Å²) in [5.74, 6) is 1.41. The predicted molar refractivity (Wildman–Crippen MR) is 343 cm³/mol. The Labute approximate surface area is 560 Å². The second-order valence-electron chi connectivity index (χ2n) is 17.8. The summed E-state index contributed by atoms with van der Waals surface area (Å²) in [5.41, 5.74) is 0. The second-order valence-corrected chi connectivity index (χ2v) is 32.5. The van der Waals surface area contributed by atoms with E-state index in [9.17, 15) is 40.9 Å². The molecule has 0 radical (unpaired) electrons. The molecule has 86 heavy (non-hydrogen) atoms. The molecule has 5 rings (SSSR count). The van der Waals surface area contributed by atoms with Crippen molar-refractivity contribution in [3.8, 4) is 0 Å². The van der Waals surface area contributed by atoms with Gasteiger partial charge in [0.15, 0.2) is 41.5 Å². The van der Waals surface area contributed by atoms with Gasteiger partial charge in [-0.2, -0.15) is 25.5 Å². The van der Waals surface area contributed by atoms with Crippen LogP contribution in [0.2, 0.25) is 0 Å². The monoisotopic (exact) mass is 1490 g/mol. The highest BCUT2D eigenvalue weighted by atomic mass is 32.2. The number of ether oxygens (including phenoxy) is 10. The maximum absolute atomic E-state index is 10.9. The summed E-state index contributed by atoms with van der Waals surface area (Å²) >= 11 is 38.4. The number of aromatic amines is 5. The molecular formula is C43H68N10O18S15. The van der Waals surface area contributed by atoms with E-state index in [4.69, 9.17) is 108 Å². The maximum Gasteiger partial charge on any atom is 0.177 e. The van der Waals surface area contributed by atoms with Crippen LogP contribution in [0.4, 0.5) is 0 Å². The summed E-state index contributed by atoms with van der Waals surface area (Å²) in [4.78, 5) is 0. The van der Waals surface area contributed by atoms with Gasteiger partial charge in [-0.05, 0) is 61.1 Å². The highest BCUT2D eigenvalue weighted by molar-refractivity contribution is 8.02. The molecule has 11 atom stereocenters. The zero-order valence-corrected chi connectivity index (χ0v) is 57.7. The first kappa shape index (κ1) is 76.6. The quantitative estimate of drug-likeness (QED) is 0.0195. The van der Waals surface area contributed by atoms with Gasteiger partial charge in [-0.3, -0.25) is 25.5 Å². The second kappa shape index (κ2) is 45.3. The minimum Gasteiger partial charge on any atom is -0.390 e. The van der Waals surface area contributed by atoms with Crippen molar-refractivity contribution in [1.29, 1.82) is 0 Å². The van der Waals surface area contributed by atoms with Gasteiger partial charge < -0.3 is 88.2 Å². The third-order valence-electron chi connectivity index (χ3n) is 9.97. The molecule has 0 spiro atoms. The lowest BCUT2D eigenvalue weighted by Gasteiger charge is -2.23. The summed E-state index contributed by atoms with van der Waals surface area (Å²) in [6.45, 7) is -1.66. The summed E-state index contributed by atoms with van der Waals surface area (Å²) < 4.78 is 64.1. The summed E-state index contributed by atoms with van der Waals surface area (Å²) in [5, 5.41) is 119. The molecule has 5 aromatic rings. The van der Waals surface area contributed by atoms with Crippen LogP contribution in [0.1, 0.15) is 0 Å². The standard InChI is InChI=1S/C43H68N10O18S15/c54-23(1-62-7-26(57)18-77-39-49-44-34(72)82-39)2-63-12-31(69-9-28(59)20-79-41-51-46-36(74)84-41)13-64-3-24(55)4-65-14-32(70-10-29(60)21-80-42-52-47-37(75)85-42)15-66-5-25(56)6-67-16-33(71-11-30(61)22-81-43-53-48-38(76)86-43)17-68-8-27(58)19-78-40-50-45-35(73)83-40/h23-33,54-61H,1-22H2,(H,44,72)(H,45,73)(H,46,74)(H,47,75)(H,48,76). The van der Waals surface area contributed by atoms with E-state index < -0.39 is 67.1 Å². The van der Waals surface area contributed by atoms with E-state index in [1.807, 2.05) is 0 Å². The van der Waals surface area contributed by atoms with Crippen molar-refractivity contribution in [3.63, 3.8) is 0 Å². The van der Waals surface area contributed by atoms with Gasteiger partial charge >= 0.3 is 0 Å². The number of hydrogen-bond acceptors (Lipinski definition) is 38. The van der Waals surface area contributed by atoms with E-state index >= 15 is 0 Å². The van der Waals surface area contributed by atoms with Crippen LogP contribution in [-0.2, 0) is 47.4 Å². The SMILES string of the molecule is OC(COCC(O)CSc1n[nH]c(=S)s1)COCC(COCC(O)COCC(COCC(O)COCC(COCC(O)CSc1n[nH]c(=S)s1)OCC(O)CSc1n[nH]c(=S)s1)OCC(O)CSc1n[nH]c(=S)s1)OCC(O)CSc1n[nH]c(=S)s1. The van der Waals surface area contributed by atoms with Crippen molar-refractivity contribution in [1.82, 2.24) is 51.0 Å². The minimum absolute atomic E-state index is 0.00227. The van der Waals surface area contributed by atoms with Crippen LogP contribution < -0.4 is 0 Å². The maximum atomic E-state index is 10.9. The van der Waals surface area contributed by atoms with Crippen molar-refractivity contribution in [3.05, 3.63) is 19.8 Å². The Morgan fingerprint density at radius 3 is 0.640 bits per heavy atom. The lowest BCUT2D eigenvalue weighted by molar-refractivity contribution is -0.116. The number of thioether (sulfide) groups is 5. The zero-order valence-electron chi connectivity index (χ0n) is 45.4. The summed E-state index contributed by atoms with van der Waals surface area (Å²) in [6.07, 6.45) is -9.80. The normalized spacial score (nSPS) is 16.0. The molecule has 0 amide bonds. The number of aromatic nitrogens is 10. The van der Waals surface area contributed by atoms with Crippen LogP contribution in [0.25, 0.3) is 0 Å². The number of aliphatic hydroxyl groups is 8. The van der Waals surface area contributed by atoms with Gasteiger partial charge in [-0.15, -0.1) is 0 Å². The van der Waals surface area contributed by atoms with E-state index in [2.05, 4.69) is 51.0 Å². The van der Waals surface area contributed by atoms with E-state index in [0.717, 1.165) is 0 Å². The third-order valence-corrected chi connectivity index (χ3v) is 21.9. The molecule has 5 heterocycles. The van der Waals surface area contributed by atoms with Crippen LogP contribution in [0.15, 0.2) is 21.7 Å². The Balaban J connectivity index is 1.05. The molecule has 0 saturated heterocycles. The number of H-pyrrole nitrogens is 5. The first-order valence-corrected chi connectivity index (χ1v) is 36.7. The third kappa shape index (κ3) is 35.8. The molecule has 0 aliphatic carbocycles. The number of nitrogens with one attached hydrogen (secondary N) is 5. The molecule has 11 unspecified atom stereocenters. The summed E-state index contributed by atoms with van der Waals surface area (Å²) in [6, 6.07) is 0. The molecule has 0 bridgehead atoms. The molecule has 0 fully saturated rings. The van der Waals surface area contributed by atoms with Gasteiger partial charge in [-0.1, -0.05) is 115 Å². The Hall–Kier alpha value is -0.0700. The van der Waals surface area contributed by atoms with Crippen molar-refractivity contribution in [2.75, 3.05) is 141 Å². The Morgan fingerprint density at radius 2 is 0.453 bits per heavy atom. The van der Waals surface area contributed by atoms with Crippen molar-refractivity contribution in [2.24, 2.45) is 0 Å². The Kier molecular flexibility index (Phi) is 40.4. The van der Waals surface area contributed by atoms with E-state index in [1.165, 1.54) is 115 Å². The fourth-order valence-electron chi connectivity index (χ4n) is 6.14. The fraction of sp³-hybridized carbons (Fsp3) is 0.767. The minimum atomic E-state index is -1.12. The first-order valence-electron chi connectivity index (χ1n) is 25.7. The number of hydrogen-bond donors (Lipinski definition) is 13. The fourth-order valence-corrected chi connectivity index (χ4v) is 16.2. The van der Waals surface area contributed by atoms with Crippen LogP contribution in [0, 0.1) is 19.8 Å². The predicted octanol–water partition coefficient (Wildman–Crippen LogP) is 3.68. The molecule has 488 valence electrons. The molecule has 5 aromatic heterocycles. The van der Waals surface area contributed by atoms with Crippen molar-refractivity contribution in [2.45, 2.75) is 88.8 Å². The smallest absolute Gasteiger partial charge is 0.177 e. The molecule has 43 heteroatoms. The van der Waals surface area contributed by atoms with E-state index in [-0.39, 0.29) is 130 Å². The highest BCUT2D eigenvalue weighted by Crippen LogP contribution is 2.25. The molecule has 0 saturated carbocycles. The highest BCUT2D eigenvalue weighted by Gasteiger charge is 2.22. The molecular weight excluding hydrogens is 1430 g/mol. The van der Waals surface area contributed by atoms with E-state index in [1.54, 1.807) is 0 Å². The number of aliphatic hydroxyl groups excluding tert-OH is 8. The van der Waals surface area contributed by atoms with Crippen LogP contribution in [-0.4, -0.2) is 300 Å². The average molecular weight is 1490 g/mol. The largest absolute Gasteiger partial charge is 0.390 e. The molecule has 0 aliphatic rings. The van der Waals surface area contributed by atoms with Gasteiger partial charge in [0.05, 0.1) is 143 Å². The molecule has 28 nitrogen and oxygen atoms in total. The Morgan fingerprint density at radius 1 is 0.279 bits per heavy atom.